The average Bonchev–Trinajstić information content (AvgIpc) is 3.26. The highest BCUT2D eigenvalue weighted by atomic mass is 32.1. The molecule has 0 spiro atoms. The van der Waals surface area contributed by atoms with Crippen LogP contribution in [0.2, 0.25) is 0 Å². The van der Waals surface area contributed by atoms with Gasteiger partial charge in [-0.1, -0.05) is 0 Å². The van der Waals surface area contributed by atoms with Gasteiger partial charge in [-0.3, -0.25) is 9.59 Å². The number of carbonyl (C=O) groups excluding carboxylic acids is 2. The Balaban J connectivity index is 1.55. The number of carbonyl (C=O) groups is 2. The predicted molar refractivity (Wildman–Crippen MR) is 87.3 cm³/mol. The van der Waals surface area contributed by atoms with Crippen LogP contribution in [0.5, 0.6) is 0 Å². The molecule has 3 heterocycles. The van der Waals surface area contributed by atoms with Gasteiger partial charge in [-0.25, -0.2) is 4.98 Å². The highest BCUT2D eigenvalue weighted by molar-refractivity contribution is 7.14. The summed E-state index contributed by atoms with van der Waals surface area (Å²) < 4.78 is 5.50. The molecule has 3 rings (SSSR count). The molecule has 0 aromatic carbocycles. The third-order valence-corrected chi connectivity index (χ3v) is 4.47. The second-order valence-corrected chi connectivity index (χ2v) is 6.28. The lowest BCUT2D eigenvalue weighted by molar-refractivity contribution is -0.116. The van der Waals surface area contributed by atoms with E-state index in [-0.39, 0.29) is 12.0 Å². The number of aromatic amines is 1. The lowest BCUT2D eigenvalue weighted by Gasteiger charge is -2.07. The zero-order valence-electron chi connectivity index (χ0n) is 12.5. The maximum atomic E-state index is 11.9. The second kappa shape index (κ2) is 6.93. The van der Waals surface area contributed by atoms with Gasteiger partial charge in [0.2, 0.25) is 5.91 Å². The van der Waals surface area contributed by atoms with Gasteiger partial charge in [-0.2, -0.15) is 0 Å². The molecule has 8 heteroatoms. The molecule has 7 nitrogen and oxygen atoms in total. The van der Waals surface area contributed by atoms with Crippen LogP contribution in [0.1, 0.15) is 36.2 Å². The average molecular weight is 334 g/mol. The number of anilines is 1. The predicted octanol–water partition coefficient (Wildman–Crippen LogP) is 2.13. The quantitative estimate of drug-likeness (QED) is 0.751. The second-order valence-electron chi connectivity index (χ2n) is 5.43. The zero-order valence-corrected chi connectivity index (χ0v) is 13.3. The molecule has 122 valence electrons. The van der Waals surface area contributed by atoms with Gasteiger partial charge in [-0.15, -0.1) is 11.3 Å². The van der Waals surface area contributed by atoms with Crippen molar-refractivity contribution >= 4 is 28.3 Å². The first-order valence-electron chi connectivity index (χ1n) is 7.47. The van der Waals surface area contributed by atoms with E-state index in [1.807, 2.05) is 5.38 Å². The van der Waals surface area contributed by atoms with Crippen LogP contribution in [-0.4, -0.2) is 34.5 Å². The van der Waals surface area contributed by atoms with Crippen molar-refractivity contribution in [3.8, 4) is 11.3 Å². The largest absolute Gasteiger partial charge is 0.378 e. The van der Waals surface area contributed by atoms with Gasteiger partial charge in [0.25, 0.3) is 5.91 Å². The molecule has 2 aromatic heterocycles. The number of aromatic nitrogens is 2. The van der Waals surface area contributed by atoms with Crippen LogP contribution in [0.25, 0.3) is 11.3 Å². The molecular weight excluding hydrogens is 316 g/mol. The summed E-state index contributed by atoms with van der Waals surface area (Å²) in [6.45, 7) is 0.798. The number of nitrogens with one attached hydrogen (secondary N) is 2. The van der Waals surface area contributed by atoms with E-state index in [2.05, 4.69) is 15.3 Å². The Morgan fingerprint density at radius 1 is 1.52 bits per heavy atom. The standard InChI is InChI=1S/C15H18N4O3S/c16-14(21)11-6-9(7-17-11)12-8-23-15(18-12)19-13(20)4-3-10-2-1-5-22-10/h6-8,10,17H,1-5H2,(H2,16,21)(H,18,19,20)/t10-/m1/s1. The molecule has 23 heavy (non-hydrogen) atoms. The summed E-state index contributed by atoms with van der Waals surface area (Å²) in [6.07, 6.45) is 5.15. The Morgan fingerprint density at radius 2 is 2.39 bits per heavy atom. The third kappa shape index (κ3) is 3.96. The topological polar surface area (TPSA) is 110 Å². The van der Waals surface area contributed by atoms with E-state index in [1.54, 1.807) is 12.3 Å². The van der Waals surface area contributed by atoms with Gasteiger partial charge in [0.15, 0.2) is 5.13 Å². The molecule has 2 amide bonds. The minimum atomic E-state index is -0.519. The summed E-state index contributed by atoms with van der Waals surface area (Å²) in [4.78, 5) is 30.2. The van der Waals surface area contributed by atoms with Crippen molar-refractivity contribution in [1.29, 1.82) is 0 Å². The molecule has 1 saturated heterocycles. The minimum absolute atomic E-state index is 0.0618. The van der Waals surface area contributed by atoms with Gasteiger partial charge in [0.05, 0.1) is 11.8 Å². The number of H-pyrrole nitrogens is 1. The van der Waals surface area contributed by atoms with Crippen molar-refractivity contribution < 1.29 is 14.3 Å². The van der Waals surface area contributed by atoms with E-state index in [0.29, 0.717) is 22.9 Å². The number of primary amides is 1. The van der Waals surface area contributed by atoms with E-state index < -0.39 is 5.91 Å². The monoisotopic (exact) mass is 334 g/mol. The number of rotatable bonds is 6. The normalized spacial score (nSPS) is 17.3. The Morgan fingerprint density at radius 3 is 3.09 bits per heavy atom. The van der Waals surface area contributed by atoms with Gasteiger partial charge in [0, 0.05) is 30.2 Å². The van der Waals surface area contributed by atoms with Gasteiger partial charge in [0.1, 0.15) is 5.69 Å². The lowest BCUT2D eigenvalue weighted by Crippen LogP contribution is -2.15. The van der Waals surface area contributed by atoms with Gasteiger partial charge in [-0.05, 0) is 25.3 Å². The molecule has 2 aromatic rings. The molecule has 0 aliphatic carbocycles. The van der Waals surface area contributed by atoms with Crippen molar-refractivity contribution in [3.05, 3.63) is 23.3 Å². The molecular formula is C15H18N4O3S. The van der Waals surface area contributed by atoms with Crippen LogP contribution >= 0.6 is 11.3 Å². The number of ether oxygens (including phenoxy) is 1. The smallest absolute Gasteiger partial charge is 0.265 e. The van der Waals surface area contributed by atoms with Crippen LogP contribution in [0.3, 0.4) is 0 Å². The Labute approximate surface area is 137 Å². The molecule has 0 bridgehead atoms. The van der Waals surface area contributed by atoms with Crippen molar-refractivity contribution in [3.63, 3.8) is 0 Å². The summed E-state index contributed by atoms with van der Waals surface area (Å²) in [7, 11) is 0. The number of amides is 2. The Kier molecular flexibility index (Phi) is 4.73. The molecule has 1 aliphatic rings. The van der Waals surface area contributed by atoms with Crippen LogP contribution < -0.4 is 11.1 Å². The molecule has 0 saturated carbocycles. The number of hydrogen-bond acceptors (Lipinski definition) is 5. The summed E-state index contributed by atoms with van der Waals surface area (Å²) in [5.41, 5.74) is 6.98. The Bertz CT molecular complexity index is 703. The van der Waals surface area contributed by atoms with E-state index in [0.717, 1.165) is 31.4 Å². The fourth-order valence-corrected chi connectivity index (χ4v) is 3.23. The maximum Gasteiger partial charge on any atom is 0.265 e. The first kappa shape index (κ1) is 15.7. The van der Waals surface area contributed by atoms with Gasteiger partial charge < -0.3 is 20.8 Å². The molecule has 1 aliphatic heterocycles. The third-order valence-electron chi connectivity index (χ3n) is 3.71. The van der Waals surface area contributed by atoms with E-state index in [1.165, 1.54) is 11.3 Å². The van der Waals surface area contributed by atoms with E-state index in [9.17, 15) is 9.59 Å². The van der Waals surface area contributed by atoms with Crippen molar-refractivity contribution in [1.82, 2.24) is 9.97 Å². The zero-order chi connectivity index (χ0) is 16.2. The number of hydrogen-bond donors (Lipinski definition) is 3. The molecule has 1 fully saturated rings. The molecule has 0 unspecified atom stereocenters. The van der Waals surface area contributed by atoms with Crippen molar-refractivity contribution in [2.45, 2.75) is 31.8 Å². The number of nitrogens with two attached hydrogens (primary N) is 1. The van der Waals surface area contributed by atoms with E-state index in [4.69, 9.17) is 10.5 Å². The minimum Gasteiger partial charge on any atom is -0.378 e. The van der Waals surface area contributed by atoms with Crippen LogP contribution in [0, 0.1) is 0 Å². The molecule has 0 radical (unpaired) electrons. The SMILES string of the molecule is NC(=O)c1cc(-c2csc(NC(=O)CC[C@H]3CCCO3)n2)c[nH]1. The number of thiazole rings is 1. The van der Waals surface area contributed by atoms with Crippen LogP contribution in [0.15, 0.2) is 17.6 Å². The summed E-state index contributed by atoms with van der Waals surface area (Å²) >= 11 is 1.34. The molecule has 1 atom stereocenters. The van der Waals surface area contributed by atoms with Crippen molar-refractivity contribution in [2.24, 2.45) is 5.73 Å². The summed E-state index contributed by atoms with van der Waals surface area (Å²) in [5.74, 6) is -0.581. The first-order chi connectivity index (χ1) is 11.1. The fraction of sp³-hybridized carbons (Fsp3) is 0.400. The van der Waals surface area contributed by atoms with E-state index >= 15 is 0 Å². The van der Waals surface area contributed by atoms with Gasteiger partial charge >= 0.3 is 0 Å². The summed E-state index contributed by atoms with van der Waals surface area (Å²) in [6, 6.07) is 1.64. The maximum absolute atomic E-state index is 11.9. The van der Waals surface area contributed by atoms with Crippen LogP contribution in [0.4, 0.5) is 5.13 Å². The number of nitrogens with zero attached hydrogens (tertiary/aromatic N) is 1. The summed E-state index contributed by atoms with van der Waals surface area (Å²) in [5, 5.41) is 5.16. The highest BCUT2D eigenvalue weighted by Crippen LogP contribution is 2.26. The fourth-order valence-electron chi connectivity index (χ4n) is 2.49. The lowest BCUT2D eigenvalue weighted by atomic mass is 10.1. The first-order valence-corrected chi connectivity index (χ1v) is 8.35. The van der Waals surface area contributed by atoms with Crippen LogP contribution in [-0.2, 0) is 9.53 Å². The molecule has 4 N–H and O–H groups in total. The van der Waals surface area contributed by atoms with Crippen molar-refractivity contribution in [2.75, 3.05) is 11.9 Å². The highest BCUT2D eigenvalue weighted by Gasteiger charge is 2.17. The Hall–Kier alpha value is -2.19.